The third kappa shape index (κ3) is 1.90. The van der Waals surface area contributed by atoms with Crippen LogP contribution >= 0.6 is 0 Å². The predicted molar refractivity (Wildman–Crippen MR) is 66.3 cm³/mol. The van der Waals surface area contributed by atoms with Crippen LogP contribution in [0.25, 0.3) is 0 Å². The molecule has 0 atom stereocenters. The van der Waals surface area contributed by atoms with Gasteiger partial charge in [-0.1, -0.05) is 12.1 Å². The number of aldehydes is 1. The van der Waals surface area contributed by atoms with Gasteiger partial charge >= 0.3 is 0 Å². The fourth-order valence-corrected chi connectivity index (χ4v) is 2.15. The molecule has 0 spiro atoms. The Balaban J connectivity index is 2.45. The number of amides is 1. The normalized spacial score (nSPS) is 18.7. The van der Waals surface area contributed by atoms with Gasteiger partial charge in [0.1, 0.15) is 5.54 Å². The summed E-state index contributed by atoms with van der Waals surface area (Å²) in [7, 11) is 0. The first-order valence-electron chi connectivity index (χ1n) is 5.67. The molecule has 2 rings (SSSR count). The molecule has 1 N–H and O–H groups in total. The molecular formula is C13H16N2O2. The number of piperazine rings is 1. The van der Waals surface area contributed by atoms with Crippen molar-refractivity contribution >= 4 is 17.9 Å². The molecule has 4 heteroatoms. The number of carbonyl (C=O) groups is 2. The van der Waals surface area contributed by atoms with E-state index in [1.165, 1.54) is 0 Å². The highest BCUT2D eigenvalue weighted by molar-refractivity contribution is 5.93. The first-order chi connectivity index (χ1) is 8.07. The smallest absolute Gasteiger partial charge is 0.245 e. The lowest BCUT2D eigenvalue weighted by atomic mass is 9.97. The van der Waals surface area contributed by atoms with Crippen LogP contribution < -0.4 is 10.2 Å². The summed E-state index contributed by atoms with van der Waals surface area (Å²) in [6.45, 7) is 5.05. The highest BCUT2D eigenvalue weighted by Gasteiger charge is 2.38. The molecule has 4 nitrogen and oxygen atoms in total. The van der Waals surface area contributed by atoms with Crippen molar-refractivity contribution in [3.05, 3.63) is 29.8 Å². The number of benzene rings is 1. The minimum Gasteiger partial charge on any atom is -0.355 e. The fraction of sp³-hybridized carbons (Fsp3) is 0.385. The lowest BCUT2D eigenvalue weighted by Crippen LogP contribution is -2.62. The predicted octanol–water partition coefficient (Wildman–Crippen LogP) is 1.21. The molecule has 0 aromatic heterocycles. The molecule has 0 unspecified atom stereocenters. The van der Waals surface area contributed by atoms with Crippen LogP contribution in [0.1, 0.15) is 24.2 Å². The number of anilines is 1. The van der Waals surface area contributed by atoms with Gasteiger partial charge in [-0.2, -0.15) is 0 Å². The molecule has 1 aromatic rings. The molecule has 0 bridgehead atoms. The molecule has 0 aliphatic carbocycles. The largest absolute Gasteiger partial charge is 0.355 e. The van der Waals surface area contributed by atoms with E-state index in [1.807, 2.05) is 36.9 Å². The Bertz CT molecular complexity index is 454. The number of hydrogen-bond acceptors (Lipinski definition) is 3. The summed E-state index contributed by atoms with van der Waals surface area (Å²) in [4.78, 5) is 24.9. The van der Waals surface area contributed by atoms with Crippen molar-refractivity contribution in [2.45, 2.75) is 19.4 Å². The Morgan fingerprint density at radius 3 is 2.76 bits per heavy atom. The van der Waals surface area contributed by atoms with E-state index in [0.29, 0.717) is 18.7 Å². The van der Waals surface area contributed by atoms with Gasteiger partial charge in [0.05, 0.1) is 0 Å². The second kappa shape index (κ2) is 4.20. The van der Waals surface area contributed by atoms with E-state index in [0.717, 1.165) is 12.0 Å². The maximum absolute atomic E-state index is 11.9. The minimum atomic E-state index is -0.628. The number of nitrogens with one attached hydrogen (secondary N) is 1. The van der Waals surface area contributed by atoms with Crippen molar-refractivity contribution in [2.75, 3.05) is 18.0 Å². The second-order valence-electron chi connectivity index (χ2n) is 4.64. The standard InChI is InChI=1S/C13H16N2O2/c1-13(2)12(17)14-7-8-15(13)11-6-4-3-5-10(11)9-16/h3-6,9H,7-8H2,1-2H3,(H,14,17). The lowest BCUT2D eigenvalue weighted by molar-refractivity contribution is -0.126. The van der Waals surface area contributed by atoms with Gasteiger partial charge in [-0.3, -0.25) is 9.59 Å². The van der Waals surface area contributed by atoms with Crippen molar-refractivity contribution in [3.63, 3.8) is 0 Å². The second-order valence-corrected chi connectivity index (χ2v) is 4.64. The van der Waals surface area contributed by atoms with Crippen LogP contribution in [0.3, 0.4) is 0 Å². The fourth-order valence-electron chi connectivity index (χ4n) is 2.15. The van der Waals surface area contributed by atoms with Crippen molar-refractivity contribution in [2.24, 2.45) is 0 Å². The van der Waals surface area contributed by atoms with Gasteiger partial charge in [0.2, 0.25) is 5.91 Å². The van der Waals surface area contributed by atoms with Gasteiger partial charge in [-0.15, -0.1) is 0 Å². The van der Waals surface area contributed by atoms with Crippen LogP contribution in [0.4, 0.5) is 5.69 Å². The van der Waals surface area contributed by atoms with Gasteiger partial charge in [-0.05, 0) is 26.0 Å². The van der Waals surface area contributed by atoms with Crippen molar-refractivity contribution in [1.29, 1.82) is 0 Å². The summed E-state index contributed by atoms with van der Waals surface area (Å²) < 4.78 is 0. The summed E-state index contributed by atoms with van der Waals surface area (Å²) >= 11 is 0. The van der Waals surface area contributed by atoms with E-state index < -0.39 is 5.54 Å². The Hall–Kier alpha value is -1.84. The molecule has 0 radical (unpaired) electrons. The Labute approximate surface area is 101 Å². The molecule has 1 aromatic carbocycles. The molecule has 17 heavy (non-hydrogen) atoms. The third-order valence-electron chi connectivity index (χ3n) is 3.21. The molecule has 1 aliphatic rings. The summed E-state index contributed by atoms with van der Waals surface area (Å²) in [5.74, 6) is -0.00977. The number of nitrogens with zero attached hydrogens (tertiary/aromatic N) is 1. The highest BCUT2D eigenvalue weighted by Crippen LogP contribution is 2.28. The van der Waals surface area contributed by atoms with Crippen LogP contribution in [-0.2, 0) is 4.79 Å². The summed E-state index contributed by atoms with van der Waals surface area (Å²) in [5, 5.41) is 2.84. The average molecular weight is 232 g/mol. The first kappa shape index (κ1) is 11.6. The Morgan fingerprint density at radius 1 is 1.35 bits per heavy atom. The Morgan fingerprint density at radius 2 is 2.06 bits per heavy atom. The minimum absolute atomic E-state index is 0.00977. The SMILES string of the molecule is CC1(C)C(=O)NCCN1c1ccccc1C=O. The molecule has 0 saturated carbocycles. The quantitative estimate of drug-likeness (QED) is 0.780. The van der Waals surface area contributed by atoms with E-state index in [1.54, 1.807) is 6.07 Å². The summed E-state index contributed by atoms with van der Waals surface area (Å²) in [6, 6.07) is 7.35. The topological polar surface area (TPSA) is 49.4 Å². The van der Waals surface area contributed by atoms with Crippen molar-refractivity contribution < 1.29 is 9.59 Å². The molecule has 1 heterocycles. The van der Waals surface area contributed by atoms with E-state index in [2.05, 4.69) is 5.32 Å². The molecular weight excluding hydrogens is 216 g/mol. The number of rotatable bonds is 2. The molecule has 1 amide bonds. The summed E-state index contributed by atoms with van der Waals surface area (Å²) in [6.07, 6.45) is 0.831. The van der Waals surface area contributed by atoms with Crippen LogP contribution in [0, 0.1) is 0 Å². The number of para-hydroxylation sites is 1. The van der Waals surface area contributed by atoms with Crippen LogP contribution in [-0.4, -0.2) is 30.8 Å². The number of carbonyl (C=O) groups excluding carboxylic acids is 2. The van der Waals surface area contributed by atoms with Crippen LogP contribution in [0.2, 0.25) is 0 Å². The summed E-state index contributed by atoms with van der Waals surface area (Å²) in [5.41, 5.74) is 0.815. The van der Waals surface area contributed by atoms with Crippen LogP contribution in [0.15, 0.2) is 24.3 Å². The zero-order chi connectivity index (χ0) is 12.5. The van der Waals surface area contributed by atoms with E-state index >= 15 is 0 Å². The van der Waals surface area contributed by atoms with Crippen molar-refractivity contribution in [3.8, 4) is 0 Å². The molecule has 90 valence electrons. The maximum atomic E-state index is 11.9. The third-order valence-corrected chi connectivity index (χ3v) is 3.21. The zero-order valence-electron chi connectivity index (χ0n) is 10.1. The van der Waals surface area contributed by atoms with Crippen molar-refractivity contribution in [1.82, 2.24) is 5.32 Å². The molecule has 1 aliphatic heterocycles. The first-order valence-corrected chi connectivity index (χ1v) is 5.67. The van der Waals surface area contributed by atoms with Gasteiger partial charge in [0.25, 0.3) is 0 Å². The van der Waals surface area contributed by atoms with E-state index in [4.69, 9.17) is 0 Å². The van der Waals surface area contributed by atoms with E-state index in [-0.39, 0.29) is 5.91 Å². The molecule has 1 saturated heterocycles. The van der Waals surface area contributed by atoms with E-state index in [9.17, 15) is 9.59 Å². The average Bonchev–Trinajstić information content (AvgIpc) is 2.33. The Kier molecular flexibility index (Phi) is 2.88. The highest BCUT2D eigenvalue weighted by atomic mass is 16.2. The van der Waals surface area contributed by atoms with Gasteiger partial charge in [0.15, 0.2) is 6.29 Å². The van der Waals surface area contributed by atoms with Gasteiger partial charge in [-0.25, -0.2) is 0 Å². The zero-order valence-corrected chi connectivity index (χ0v) is 10.1. The van der Waals surface area contributed by atoms with Gasteiger partial charge in [0, 0.05) is 24.3 Å². The van der Waals surface area contributed by atoms with Gasteiger partial charge < -0.3 is 10.2 Å². The molecule has 1 fully saturated rings. The monoisotopic (exact) mass is 232 g/mol. The maximum Gasteiger partial charge on any atom is 0.245 e. The lowest BCUT2D eigenvalue weighted by Gasteiger charge is -2.43. The number of hydrogen-bond donors (Lipinski definition) is 1. The van der Waals surface area contributed by atoms with Crippen LogP contribution in [0.5, 0.6) is 0 Å².